The minimum Gasteiger partial charge on any atom is -0.345 e. The lowest BCUT2D eigenvalue weighted by Crippen LogP contribution is -2.30. The summed E-state index contributed by atoms with van der Waals surface area (Å²) < 4.78 is 38.9. The molecule has 1 amide bonds. The van der Waals surface area contributed by atoms with Gasteiger partial charge in [-0.1, -0.05) is 48.6 Å². The first-order valence-corrected chi connectivity index (χ1v) is 9.48. The van der Waals surface area contributed by atoms with E-state index in [1.807, 2.05) is 30.3 Å². The van der Waals surface area contributed by atoms with Gasteiger partial charge in [0.1, 0.15) is 0 Å². The molecule has 1 aliphatic carbocycles. The van der Waals surface area contributed by atoms with Gasteiger partial charge in [0.2, 0.25) is 11.7 Å². The molecule has 0 bridgehead atoms. The number of hydrogen-bond acceptors (Lipinski definition) is 2. The highest BCUT2D eigenvalue weighted by molar-refractivity contribution is 5.79. The van der Waals surface area contributed by atoms with Crippen molar-refractivity contribution in [1.29, 1.82) is 0 Å². The van der Waals surface area contributed by atoms with Crippen molar-refractivity contribution in [3.05, 3.63) is 77.6 Å². The number of aromatic amines is 1. The fourth-order valence-electron chi connectivity index (χ4n) is 3.67. The number of carbonyl (C=O) groups excluding carboxylic acids is 1. The van der Waals surface area contributed by atoms with Gasteiger partial charge in [0, 0.05) is 6.42 Å². The van der Waals surface area contributed by atoms with E-state index in [2.05, 4.69) is 27.4 Å². The van der Waals surface area contributed by atoms with Crippen LogP contribution in [0.3, 0.4) is 0 Å². The van der Waals surface area contributed by atoms with Gasteiger partial charge in [0.25, 0.3) is 0 Å². The molecular weight excluding hydrogens is 379 g/mol. The zero-order valence-corrected chi connectivity index (χ0v) is 15.5. The molecule has 29 heavy (non-hydrogen) atoms. The van der Waals surface area contributed by atoms with Crippen LogP contribution in [0.15, 0.2) is 60.7 Å². The van der Waals surface area contributed by atoms with Gasteiger partial charge in [0.05, 0.1) is 17.1 Å². The van der Waals surface area contributed by atoms with Crippen molar-refractivity contribution in [3.8, 4) is 0 Å². The van der Waals surface area contributed by atoms with Crippen molar-refractivity contribution in [1.82, 2.24) is 15.3 Å². The van der Waals surface area contributed by atoms with Gasteiger partial charge < -0.3 is 10.3 Å². The van der Waals surface area contributed by atoms with Crippen LogP contribution in [-0.4, -0.2) is 15.9 Å². The smallest absolute Gasteiger partial charge is 0.345 e. The first kappa shape index (κ1) is 19.2. The van der Waals surface area contributed by atoms with Crippen LogP contribution in [0.1, 0.15) is 42.3 Å². The third-order valence-electron chi connectivity index (χ3n) is 5.11. The lowest BCUT2D eigenvalue weighted by atomic mass is 9.97. The quantitative estimate of drug-likeness (QED) is 0.584. The molecule has 0 aliphatic heterocycles. The number of hydrogen-bond donors (Lipinski definition) is 2. The Morgan fingerprint density at radius 2 is 1.97 bits per heavy atom. The highest BCUT2D eigenvalue weighted by Gasteiger charge is 2.34. The van der Waals surface area contributed by atoms with E-state index < -0.39 is 18.0 Å². The van der Waals surface area contributed by atoms with Crippen LogP contribution in [0, 0.1) is 5.92 Å². The first-order chi connectivity index (χ1) is 13.9. The number of alkyl halides is 3. The number of H-pyrrole nitrogens is 1. The van der Waals surface area contributed by atoms with Gasteiger partial charge in [-0.25, -0.2) is 4.98 Å². The molecule has 2 unspecified atom stereocenters. The Hall–Kier alpha value is -3.09. The molecule has 0 radical (unpaired) electrons. The molecule has 2 aromatic carbocycles. The molecule has 1 aromatic heterocycles. The Balaban J connectivity index is 1.65. The fourth-order valence-corrected chi connectivity index (χ4v) is 3.67. The Morgan fingerprint density at radius 1 is 1.17 bits per heavy atom. The van der Waals surface area contributed by atoms with E-state index in [0.29, 0.717) is 12.0 Å². The predicted octanol–water partition coefficient (Wildman–Crippen LogP) is 5.14. The Morgan fingerprint density at radius 3 is 2.66 bits per heavy atom. The number of halogens is 3. The first-order valence-electron chi connectivity index (χ1n) is 9.48. The summed E-state index contributed by atoms with van der Waals surface area (Å²) in [5.41, 5.74) is 2.06. The van der Waals surface area contributed by atoms with Gasteiger partial charge in [-0.3, -0.25) is 4.79 Å². The van der Waals surface area contributed by atoms with Gasteiger partial charge in [-0.05, 0) is 42.0 Å². The molecule has 0 saturated heterocycles. The summed E-state index contributed by atoms with van der Waals surface area (Å²) in [4.78, 5) is 18.6. The Kier molecular flexibility index (Phi) is 5.13. The average molecular weight is 399 g/mol. The van der Waals surface area contributed by atoms with E-state index in [9.17, 15) is 18.0 Å². The van der Waals surface area contributed by atoms with Crippen LogP contribution >= 0.6 is 0 Å². The van der Waals surface area contributed by atoms with Crippen LogP contribution < -0.4 is 5.32 Å². The van der Waals surface area contributed by atoms with Gasteiger partial charge >= 0.3 is 6.18 Å². The lowest BCUT2D eigenvalue weighted by molar-refractivity contribution is -0.144. The molecule has 2 atom stereocenters. The van der Waals surface area contributed by atoms with Crippen molar-refractivity contribution in [2.45, 2.75) is 31.5 Å². The van der Waals surface area contributed by atoms with Gasteiger partial charge in [-0.2, -0.15) is 13.2 Å². The third-order valence-corrected chi connectivity index (χ3v) is 5.11. The van der Waals surface area contributed by atoms with E-state index in [-0.39, 0.29) is 22.9 Å². The molecule has 4 nitrogen and oxygen atoms in total. The van der Waals surface area contributed by atoms with Crippen molar-refractivity contribution >= 4 is 16.9 Å². The standard InChI is InChI=1S/C22H20F3N3O/c23-22(24,25)21-26-17-11-10-16(13-18(17)27-21)20(15-8-2-1-3-9-15)28-19(29)12-14-6-4-5-7-14/h1-4,6,8-11,13-14,20H,5,7,12H2,(H,26,27)(H,28,29). The molecule has 7 heteroatoms. The second-order valence-corrected chi connectivity index (χ2v) is 7.24. The van der Waals surface area contributed by atoms with Crippen LogP contribution in [0.4, 0.5) is 13.2 Å². The number of fused-ring (bicyclic) bond motifs is 1. The summed E-state index contributed by atoms with van der Waals surface area (Å²) in [7, 11) is 0. The maximum absolute atomic E-state index is 13.0. The van der Waals surface area contributed by atoms with E-state index in [0.717, 1.165) is 18.4 Å². The van der Waals surface area contributed by atoms with Crippen LogP contribution in [0.5, 0.6) is 0 Å². The fraction of sp³-hybridized carbons (Fsp3) is 0.273. The monoisotopic (exact) mass is 399 g/mol. The number of carbonyl (C=O) groups is 1. The van der Waals surface area contributed by atoms with Gasteiger partial charge in [-0.15, -0.1) is 0 Å². The molecule has 1 heterocycles. The maximum atomic E-state index is 13.0. The second kappa shape index (κ2) is 7.73. The number of benzene rings is 2. The minimum atomic E-state index is -4.54. The number of aromatic nitrogens is 2. The molecule has 3 aromatic rings. The number of nitrogens with one attached hydrogen (secondary N) is 2. The van der Waals surface area contributed by atoms with Crippen LogP contribution in [0.2, 0.25) is 0 Å². The highest BCUT2D eigenvalue weighted by atomic mass is 19.4. The molecule has 150 valence electrons. The summed E-state index contributed by atoms with van der Waals surface area (Å²) in [6.45, 7) is 0. The van der Waals surface area contributed by atoms with Crippen LogP contribution in [-0.2, 0) is 11.0 Å². The largest absolute Gasteiger partial charge is 0.449 e. The molecule has 1 aliphatic rings. The molecule has 0 saturated carbocycles. The topological polar surface area (TPSA) is 57.8 Å². The van der Waals surface area contributed by atoms with E-state index in [1.54, 1.807) is 12.1 Å². The Bertz CT molecular complexity index is 1040. The van der Waals surface area contributed by atoms with Crippen molar-refractivity contribution < 1.29 is 18.0 Å². The summed E-state index contributed by atoms with van der Waals surface area (Å²) >= 11 is 0. The summed E-state index contributed by atoms with van der Waals surface area (Å²) in [5, 5.41) is 3.05. The predicted molar refractivity (Wildman–Crippen MR) is 104 cm³/mol. The molecule has 2 N–H and O–H groups in total. The maximum Gasteiger partial charge on any atom is 0.449 e. The molecule has 4 rings (SSSR count). The Labute approximate surface area is 165 Å². The zero-order valence-electron chi connectivity index (χ0n) is 15.5. The minimum absolute atomic E-state index is 0.0870. The number of rotatable bonds is 5. The van der Waals surface area contributed by atoms with Crippen molar-refractivity contribution in [2.75, 3.05) is 0 Å². The zero-order chi connectivity index (χ0) is 20.4. The van der Waals surface area contributed by atoms with E-state index in [1.165, 1.54) is 6.07 Å². The van der Waals surface area contributed by atoms with E-state index >= 15 is 0 Å². The highest BCUT2D eigenvalue weighted by Crippen LogP contribution is 2.31. The lowest BCUT2D eigenvalue weighted by Gasteiger charge is -2.21. The van der Waals surface area contributed by atoms with E-state index in [4.69, 9.17) is 0 Å². The summed E-state index contributed by atoms with van der Waals surface area (Å²) in [5.74, 6) is -0.884. The number of amides is 1. The summed E-state index contributed by atoms with van der Waals surface area (Å²) in [6, 6.07) is 13.8. The second-order valence-electron chi connectivity index (χ2n) is 7.24. The average Bonchev–Trinajstić information content (AvgIpc) is 3.35. The van der Waals surface area contributed by atoms with Gasteiger partial charge in [0.15, 0.2) is 0 Å². The molecule has 0 fully saturated rings. The third kappa shape index (κ3) is 4.34. The summed E-state index contributed by atoms with van der Waals surface area (Å²) in [6.07, 6.45) is 1.94. The SMILES string of the molecule is O=C(CC1C=CCC1)NC(c1ccccc1)c1ccc2nc(C(F)(F)F)[nH]c2c1. The number of allylic oxidation sites excluding steroid dienone is 2. The van der Waals surface area contributed by atoms with Crippen molar-refractivity contribution in [2.24, 2.45) is 5.92 Å². The van der Waals surface area contributed by atoms with Crippen molar-refractivity contribution in [3.63, 3.8) is 0 Å². The molecular formula is C22H20F3N3O. The molecule has 0 spiro atoms. The number of nitrogens with zero attached hydrogens (tertiary/aromatic N) is 1. The normalized spacial score (nSPS) is 17.6. The van der Waals surface area contributed by atoms with Crippen LogP contribution in [0.25, 0.3) is 11.0 Å². The number of imidazole rings is 1.